The third kappa shape index (κ3) is 31.5. The zero-order valence-electron chi connectivity index (χ0n) is 30.1. The second-order valence-electron chi connectivity index (χ2n) is 12.7. The number of hydrogen-bond acceptors (Lipinski definition) is 9. The molecular weight excluding hydrogens is 637 g/mol. The molecule has 0 saturated carbocycles. The van der Waals surface area contributed by atoms with Crippen LogP contribution in [0.5, 0.6) is 0 Å². The third-order valence-electron chi connectivity index (χ3n) is 8.01. The van der Waals surface area contributed by atoms with Crippen molar-refractivity contribution < 1.29 is 47.5 Å². The molecule has 0 spiro atoms. The van der Waals surface area contributed by atoms with Gasteiger partial charge in [0.05, 0.1) is 13.2 Å². The number of unbranched alkanes of at least 4 members (excludes halogenated alkanes) is 19. The Morgan fingerprint density at radius 3 is 1.58 bits per heavy atom. The molecule has 1 unspecified atom stereocenters. The van der Waals surface area contributed by atoms with E-state index in [4.69, 9.17) is 24.8 Å². The molecule has 0 aromatic rings. The van der Waals surface area contributed by atoms with Gasteiger partial charge in [0.15, 0.2) is 6.10 Å². The first-order valence-corrected chi connectivity index (χ1v) is 20.2. The number of nitrogens with two attached hydrogens (primary N) is 1. The van der Waals surface area contributed by atoms with Gasteiger partial charge in [0.1, 0.15) is 12.6 Å². The summed E-state index contributed by atoms with van der Waals surface area (Å²) in [4.78, 5) is 45.6. The second-order valence-corrected chi connectivity index (χ2v) is 14.2. The standard InChI is InChI=1S/C36H68NO10P/c1-3-5-7-9-11-13-15-16-18-20-22-24-26-28-35(39)47-32(30-45-48(42,43)46-31-33(37)36(40)41)29-44-34(38)27-25-23-21-19-17-14-12-10-8-6-4-2/h10,12,32-33H,3-9,11,13-31,37H2,1-2H3,(H,40,41)(H,42,43)/b12-10-/t32-,33+/m1/s1. The van der Waals surface area contributed by atoms with Crippen molar-refractivity contribution in [3.8, 4) is 0 Å². The van der Waals surface area contributed by atoms with Gasteiger partial charge in [-0.25, -0.2) is 4.57 Å². The van der Waals surface area contributed by atoms with Gasteiger partial charge in [-0.1, -0.05) is 135 Å². The van der Waals surface area contributed by atoms with Crippen LogP contribution in [0.25, 0.3) is 0 Å². The monoisotopic (exact) mass is 705 g/mol. The lowest BCUT2D eigenvalue weighted by atomic mass is 10.0. The number of esters is 2. The number of ether oxygens (including phenoxy) is 2. The molecule has 0 aliphatic heterocycles. The van der Waals surface area contributed by atoms with Gasteiger partial charge in [0.2, 0.25) is 0 Å². The van der Waals surface area contributed by atoms with E-state index in [-0.39, 0.29) is 19.4 Å². The molecule has 0 aromatic heterocycles. The number of phosphoric ester groups is 1. The summed E-state index contributed by atoms with van der Waals surface area (Å²) in [5.41, 5.74) is 5.31. The molecule has 0 aliphatic rings. The van der Waals surface area contributed by atoms with Crippen LogP contribution < -0.4 is 5.73 Å². The first-order chi connectivity index (χ1) is 23.1. The molecule has 0 heterocycles. The van der Waals surface area contributed by atoms with Crippen molar-refractivity contribution in [1.82, 2.24) is 0 Å². The zero-order valence-corrected chi connectivity index (χ0v) is 31.0. The quantitative estimate of drug-likeness (QED) is 0.0249. The molecule has 12 heteroatoms. The molecule has 0 radical (unpaired) electrons. The fraction of sp³-hybridized carbons (Fsp3) is 0.861. The number of hydrogen-bond donors (Lipinski definition) is 3. The van der Waals surface area contributed by atoms with Gasteiger partial charge >= 0.3 is 25.7 Å². The van der Waals surface area contributed by atoms with Crippen molar-refractivity contribution in [2.24, 2.45) is 5.73 Å². The Morgan fingerprint density at radius 2 is 1.06 bits per heavy atom. The van der Waals surface area contributed by atoms with Gasteiger partial charge in [-0.2, -0.15) is 0 Å². The summed E-state index contributed by atoms with van der Waals surface area (Å²) in [6, 6.07) is -1.52. The minimum Gasteiger partial charge on any atom is -0.480 e. The summed E-state index contributed by atoms with van der Waals surface area (Å²) in [5.74, 6) is -2.39. The Labute approximate surface area is 290 Å². The highest BCUT2D eigenvalue weighted by atomic mass is 31.2. The Hall–Kier alpha value is -1.78. The van der Waals surface area contributed by atoms with Crippen LogP contribution in [0.1, 0.15) is 168 Å². The van der Waals surface area contributed by atoms with Crippen molar-refractivity contribution in [1.29, 1.82) is 0 Å². The summed E-state index contributed by atoms with van der Waals surface area (Å²) >= 11 is 0. The topological polar surface area (TPSA) is 172 Å². The summed E-state index contributed by atoms with van der Waals surface area (Å²) in [6.45, 7) is 2.74. The Bertz CT molecular complexity index is 885. The van der Waals surface area contributed by atoms with Crippen LogP contribution in [0.4, 0.5) is 0 Å². The lowest BCUT2D eigenvalue weighted by Crippen LogP contribution is -2.34. The fourth-order valence-corrected chi connectivity index (χ4v) is 5.76. The lowest BCUT2D eigenvalue weighted by Gasteiger charge is -2.20. The van der Waals surface area contributed by atoms with E-state index in [2.05, 4.69) is 30.5 Å². The van der Waals surface area contributed by atoms with E-state index in [0.717, 1.165) is 57.8 Å². The molecule has 48 heavy (non-hydrogen) atoms. The molecule has 3 atom stereocenters. The van der Waals surface area contributed by atoms with Crippen LogP contribution >= 0.6 is 7.82 Å². The number of carboxylic acids is 1. The number of allylic oxidation sites excluding steroid dienone is 2. The molecule has 282 valence electrons. The molecule has 0 bridgehead atoms. The van der Waals surface area contributed by atoms with E-state index >= 15 is 0 Å². The predicted octanol–water partition coefficient (Wildman–Crippen LogP) is 8.95. The van der Waals surface area contributed by atoms with Crippen LogP contribution in [0, 0.1) is 0 Å². The van der Waals surface area contributed by atoms with Crippen molar-refractivity contribution in [2.45, 2.75) is 180 Å². The summed E-state index contributed by atoms with van der Waals surface area (Å²) in [5, 5.41) is 8.84. The number of carbonyl (C=O) groups excluding carboxylic acids is 2. The van der Waals surface area contributed by atoms with Crippen molar-refractivity contribution in [3.05, 3.63) is 12.2 Å². The largest absolute Gasteiger partial charge is 0.480 e. The summed E-state index contributed by atoms with van der Waals surface area (Å²) in [6.07, 6.45) is 28.6. The summed E-state index contributed by atoms with van der Waals surface area (Å²) < 4.78 is 32.5. The average Bonchev–Trinajstić information content (AvgIpc) is 3.05. The SMILES string of the molecule is CCCC/C=C\CCCCCCCC(=O)OC[C@H](COP(=O)(O)OC[C@H](N)C(=O)O)OC(=O)CCCCCCCCCCCCCCC. The van der Waals surface area contributed by atoms with Gasteiger partial charge < -0.3 is 25.2 Å². The number of phosphoric acid groups is 1. The molecule has 0 fully saturated rings. The van der Waals surface area contributed by atoms with Crippen LogP contribution in [0.15, 0.2) is 12.2 Å². The second kappa shape index (κ2) is 32.4. The molecule has 0 rings (SSSR count). The first-order valence-electron chi connectivity index (χ1n) is 18.7. The van der Waals surface area contributed by atoms with Crippen molar-refractivity contribution in [2.75, 3.05) is 19.8 Å². The van der Waals surface area contributed by atoms with Gasteiger partial charge in [0, 0.05) is 12.8 Å². The van der Waals surface area contributed by atoms with Crippen molar-refractivity contribution >= 4 is 25.7 Å². The third-order valence-corrected chi connectivity index (χ3v) is 8.96. The highest BCUT2D eigenvalue weighted by molar-refractivity contribution is 7.47. The summed E-state index contributed by atoms with van der Waals surface area (Å²) in [7, 11) is -4.70. The van der Waals surface area contributed by atoms with E-state index in [0.29, 0.717) is 12.8 Å². The van der Waals surface area contributed by atoms with E-state index in [9.17, 15) is 23.8 Å². The molecule has 0 aromatic carbocycles. The highest BCUT2D eigenvalue weighted by Gasteiger charge is 2.28. The minimum absolute atomic E-state index is 0.164. The number of rotatable bonds is 35. The predicted molar refractivity (Wildman–Crippen MR) is 189 cm³/mol. The maximum absolute atomic E-state index is 12.5. The Balaban J connectivity index is 4.45. The highest BCUT2D eigenvalue weighted by Crippen LogP contribution is 2.43. The minimum atomic E-state index is -4.70. The van der Waals surface area contributed by atoms with Gasteiger partial charge in [-0.05, 0) is 32.1 Å². The van der Waals surface area contributed by atoms with E-state index < -0.39 is 51.1 Å². The average molecular weight is 706 g/mol. The zero-order chi connectivity index (χ0) is 35.7. The van der Waals surface area contributed by atoms with Crippen molar-refractivity contribution in [3.63, 3.8) is 0 Å². The number of carbonyl (C=O) groups is 3. The van der Waals surface area contributed by atoms with E-state index in [1.807, 2.05) is 0 Å². The van der Waals surface area contributed by atoms with Crippen LogP contribution in [0.2, 0.25) is 0 Å². The van der Waals surface area contributed by atoms with Gasteiger partial charge in [-0.3, -0.25) is 23.4 Å². The molecule has 0 amide bonds. The van der Waals surface area contributed by atoms with Crippen LogP contribution in [-0.4, -0.2) is 59.9 Å². The van der Waals surface area contributed by atoms with E-state index in [1.54, 1.807) is 0 Å². The molecule has 11 nitrogen and oxygen atoms in total. The van der Waals surface area contributed by atoms with Gasteiger partial charge in [-0.15, -0.1) is 0 Å². The number of carboxylic acid groups (broad SMARTS) is 1. The maximum atomic E-state index is 12.5. The smallest absolute Gasteiger partial charge is 0.472 e. The van der Waals surface area contributed by atoms with Crippen LogP contribution in [0.3, 0.4) is 0 Å². The van der Waals surface area contributed by atoms with Gasteiger partial charge in [0.25, 0.3) is 0 Å². The first kappa shape index (κ1) is 46.2. The normalized spacial score (nSPS) is 14.1. The fourth-order valence-electron chi connectivity index (χ4n) is 4.99. The Morgan fingerprint density at radius 1 is 0.625 bits per heavy atom. The number of aliphatic carboxylic acids is 1. The lowest BCUT2D eigenvalue weighted by molar-refractivity contribution is -0.161. The molecule has 0 aliphatic carbocycles. The molecular formula is C36H68NO10P. The Kier molecular flexibility index (Phi) is 31.2. The van der Waals surface area contributed by atoms with E-state index in [1.165, 1.54) is 70.6 Å². The molecule has 0 saturated heterocycles. The maximum Gasteiger partial charge on any atom is 0.472 e. The molecule has 4 N–H and O–H groups in total. The van der Waals surface area contributed by atoms with Crippen LogP contribution in [-0.2, 0) is 37.5 Å².